The average Bonchev–Trinajstić information content (AvgIpc) is 2.24. The molecule has 90 valence electrons. The summed E-state index contributed by atoms with van der Waals surface area (Å²) >= 11 is 0. The van der Waals surface area contributed by atoms with Crippen LogP contribution in [0.1, 0.15) is 45.4 Å². The molecule has 0 saturated heterocycles. The van der Waals surface area contributed by atoms with Gasteiger partial charge in [0.15, 0.2) is 0 Å². The smallest absolute Gasteiger partial charge is 0.322 e. The largest absolute Gasteiger partial charge is 0.465 e. The van der Waals surface area contributed by atoms with Crippen LogP contribution >= 0.6 is 0 Å². The standard InChI is InChI=1S/C11H24N2O2/c1-2-3-6-9-15-11(14)10(13)7-4-5-8-12/h10H,2-9,12-13H2,1H3/t10-/m0/s1. The van der Waals surface area contributed by atoms with E-state index in [1.165, 1.54) is 0 Å². The van der Waals surface area contributed by atoms with Gasteiger partial charge in [-0.3, -0.25) is 4.79 Å². The molecule has 0 aromatic rings. The van der Waals surface area contributed by atoms with E-state index in [4.69, 9.17) is 16.2 Å². The monoisotopic (exact) mass is 216 g/mol. The summed E-state index contributed by atoms with van der Waals surface area (Å²) in [4.78, 5) is 11.3. The van der Waals surface area contributed by atoms with Gasteiger partial charge in [-0.1, -0.05) is 26.2 Å². The van der Waals surface area contributed by atoms with E-state index >= 15 is 0 Å². The molecule has 0 spiro atoms. The summed E-state index contributed by atoms with van der Waals surface area (Å²) in [6.45, 7) is 3.26. The minimum absolute atomic E-state index is 0.275. The number of hydrogen-bond acceptors (Lipinski definition) is 4. The van der Waals surface area contributed by atoms with Gasteiger partial charge in [-0.25, -0.2) is 0 Å². The van der Waals surface area contributed by atoms with Gasteiger partial charge in [0.25, 0.3) is 0 Å². The van der Waals surface area contributed by atoms with Gasteiger partial charge in [0, 0.05) is 0 Å². The molecule has 0 unspecified atom stereocenters. The van der Waals surface area contributed by atoms with Crippen LogP contribution in [0.15, 0.2) is 0 Å². The Hall–Kier alpha value is -0.610. The SMILES string of the molecule is CCCCCOC(=O)[C@@H](N)CCCCN. The molecule has 0 aliphatic heterocycles. The Kier molecular flexibility index (Phi) is 9.52. The lowest BCUT2D eigenvalue weighted by atomic mass is 10.1. The fourth-order valence-corrected chi connectivity index (χ4v) is 1.26. The first-order valence-electron chi connectivity index (χ1n) is 5.84. The molecular formula is C11H24N2O2. The maximum absolute atomic E-state index is 11.3. The van der Waals surface area contributed by atoms with Crippen LogP contribution in [0, 0.1) is 0 Å². The van der Waals surface area contributed by atoms with Gasteiger partial charge in [-0.05, 0) is 25.8 Å². The van der Waals surface area contributed by atoms with Crippen LogP contribution in [-0.2, 0) is 9.53 Å². The Morgan fingerprint density at radius 2 is 2.00 bits per heavy atom. The van der Waals surface area contributed by atoms with Crippen molar-refractivity contribution in [2.45, 2.75) is 51.5 Å². The van der Waals surface area contributed by atoms with E-state index in [0.717, 1.165) is 32.1 Å². The maximum Gasteiger partial charge on any atom is 0.322 e. The summed E-state index contributed by atoms with van der Waals surface area (Å²) in [5.41, 5.74) is 11.0. The number of carbonyl (C=O) groups is 1. The van der Waals surface area contributed by atoms with Gasteiger partial charge >= 0.3 is 5.97 Å². The fourth-order valence-electron chi connectivity index (χ4n) is 1.26. The molecule has 0 aliphatic carbocycles. The molecule has 0 radical (unpaired) electrons. The Balaban J connectivity index is 3.42. The van der Waals surface area contributed by atoms with Crippen molar-refractivity contribution < 1.29 is 9.53 Å². The zero-order valence-electron chi connectivity index (χ0n) is 9.71. The van der Waals surface area contributed by atoms with Gasteiger partial charge in [0.1, 0.15) is 6.04 Å². The van der Waals surface area contributed by atoms with Crippen molar-refractivity contribution in [2.24, 2.45) is 11.5 Å². The summed E-state index contributed by atoms with van der Waals surface area (Å²) in [6, 6.07) is -0.474. The first kappa shape index (κ1) is 14.4. The van der Waals surface area contributed by atoms with Crippen molar-refractivity contribution in [1.29, 1.82) is 0 Å². The highest BCUT2D eigenvalue weighted by molar-refractivity contribution is 5.75. The van der Waals surface area contributed by atoms with Crippen molar-refractivity contribution >= 4 is 5.97 Å². The number of carbonyl (C=O) groups excluding carboxylic acids is 1. The molecule has 4 nitrogen and oxygen atoms in total. The van der Waals surface area contributed by atoms with E-state index in [2.05, 4.69) is 6.92 Å². The maximum atomic E-state index is 11.3. The first-order valence-corrected chi connectivity index (χ1v) is 5.84. The summed E-state index contributed by atoms with van der Waals surface area (Å²) in [5, 5.41) is 0. The molecule has 0 aromatic carbocycles. The van der Waals surface area contributed by atoms with Crippen LogP contribution < -0.4 is 11.5 Å². The van der Waals surface area contributed by atoms with Crippen molar-refractivity contribution in [1.82, 2.24) is 0 Å². The van der Waals surface area contributed by atoms with Crippen molar-refractivity contribution in [3.8, 4) is 0 Å². The zero-order valence-corrected chi connectivity index (χ0v) is 9.71. The molecule has 0 bridgehead atoms. The van der Waals surface area contributed by atoms with E-state index in [1.807, 2.05) is 0 Å². The highest BCUT2D eigenvalue weighted by Gasteiger charge is 2.13. The Morgan fingerprint density at radius 1 is 1.27 bits per heavy atom. The van der Waals surface area contributed by atoms with Crippen molar-refractivity contribution in [3.63, 3.8) is 0 Å². The molecule has 0 fully saturated rings. The highest BCUT2D eigenvalue weighted by Crippen LogP contribution is 2.01. The summed E-state index contributed by atoms with van der Waals surface area (Å²) in [6.07, 6.45) is 5.62. The molecule has 1 atom stereocenters. The lowest BCUT2D eigenvalue weighted by Crippen LogP contribution is -2.32. The zero-order chi connectivity index (χ0) is 11.5. The quantitative estimate of drug-likeness (QED) is 0.448. The lowest BCUT2D eigenvalue weighted by molar-refractivity contribution is -0.145. The Labute approximate surface area is 92.3 Å². The van der Waals surface area contributed by atoms with Crippen LogP contribution in [0.3, 0.4) is 0 Å². The molecular weight excluding hydrogens is 192 g/mol. The summed E-state index contributed by atoms with van der Waals surface area (Å²) < 4.78 is 5.04. The third kappa shape index (κ3) is 8.39. The van der Waals surface area contributed by atoms with Crippen molar-refractivity contribution in [3.05, 3.63) is 0 Å². The van der Waals surface area contributed by atoms with Gasteiger partial charge in [0.05, 0.1) is 6.61 Å². The second-order valence-electron chi connectivity index (χ2n) is 3.77. The van der Waals surface area contributed by atoms with Crippen LogP contribution in [0.25, 0.3) is 0 Å². The predicted octanol–water partition coefficient (Wildman–Crippen LogP) is 1.18. The highest BCUT2D eigenvalue weighted by atomic mass is 16.5. The second kappa shape index (κ2) is 9.93. The third-order valence-electron chi connectivity index (χ3n) is 2.26. The van der Waals surface area contributed by atoms with E-state index in [9.17, 15) is 4.79 Å². The molecule has 15 heavy (non-hydrogen) atoms. The number of nitrogens with two attached hydrogens (primary N) is 2. The molecule has 0 amide bonds. The third-order valence-corrected chi connectivity index (χ3v) is 2.26. The number of esters is 1. The number of hydrogen-bond donors (Lipinski definition) is 2. The molecule has 0 heterocycles. The van der Waals surface area contributed by atoms with Gasteiger partial charge in [0.2, 0.25) is 0 Å². The Bertz CT molecular complexity index is 163. The van der Waals surface area contributed by atoms with Crippen molar-refractivity contribution in [2.75, 3.05) is 13.2 Å². The number of unbranched alkanes of at least 4 members (excludes halogenated alkanes) is 3. The second-order valence-corrected chi connectivity index (χ2v) is 3.77. The summed E-state index contributed by atoms with van der Waals surface area (Å²) in [7, 11) is 0. The van der Waals surface area contributed by atoms with E-state index in [-0.39, 0.29) is 5.97 Å². The normalized spacial score (nSPS) is 12.5. The molecule has 0 aromatic heterocycles. The van der Waals surface area contributed by atoms with E-state index < -0.39 is 6.04 Å². The fraction of sp³-hybridized carbons (Fsp3) is 0.909. The van der Waals surface area contributed by atoms with Crippen LogP contribution in [0.2, 0.25) is 0 Å². The van der Waals surface area contributed by atoms with Crippen LogP contribution in [0.4, 0.5) is 0 Å². The molecule has 4 heteroatoms. The average molecular weight is 216 g/mol. The summed E-state index contributed by atoms with van der Waals surface area (Å²) in [5.74, 6) is -0.275. The van der Waals surface area contributed by atoms with Crippen LogP contribution in [-0.4, -0.2) is 25.2 Å². The van der Waals surface area contributed by atoms with Gasteiger partial charge in [-0.2, -0.15) is 0 Å². The van der Waals surface area contributed by atoms with E-state index in [0.29, 0.717) is 19.6 Å². The minimum Gasteiger partial charge on any atom is -0.465 e. The Morgan fingerprint density at radius 3 is 2.60 bits per heavy atom. The van der Waals surface area contributed by atoms with E-state index in [1.54, 1.807) is 0 Å². The van der Waals surface area contributed by atoms with Gasteiger partial charge in [-0.15, -0.1) is 0 Å². The lowest BCUT2D eigenvalue weighted by Gasteiger charge is -2.10. The molecule has 0 rings (SSSR count). The molecule has 0 aliphatic rings. The number of rotatable bonds is 9. The topological polar surface area (TPSA) is 78.3 Å². The van der Waals surface area contributed by atoms with Gasteiger partial charge < -0.3 is 16.2 Å². The molecule has 4 N–H and O–H groups in total. The van der Waals surface area contributed by atoms with Crippen LogP contribution in [0.5, 0.6) is 0 Å². The number of ether oxygens (including phenoxy) is 1. The minimum atomic E-state index is -0.474. The predicted molar refractivity (Wildman–Crippen MR) is 61.4 cm³/mol. The molecule has 0 saturated carbocycles. The first-order chi connectivity index (χ1) is 7.22.